The number of halogens is 1. The van der Waals surface area contributed by atoms with Gasteiger partial charge in [-0.05, 0) is 31.0 Å². The predicted octanol–water partition coefficient (Wildman–Crippen LogP) is 4.21. The second kappa shape index (κ2) is 8.27. The summed E-state index contributed by atoms with van der Waals surface area (Å²) >= 11 is 0. The second-order valence-corrected chi connectivity index (χ2v) is 5.38. The fourth-order valence-corrected chi connectivity index (χ4v) is 2.30. The lowest BCUT2D eigenvalue weighted by Crippen LogP contribution is -2.21. The van der Waals surface area contributed by atoms with Crippen LogP contribution in [0.25, 0.3) is 0 Å². The normalized spacial score (nSPS) is 10.6. The highest BCUT2D eigenvalue weighted by atomic mass is 19.1. The summed E-state index contributed by atoms with van der Waals surface area (Å²) in [5.74, 6) is 0.431. The van der Waals surface area contributed by atoms with Gasteiger partial charge in [-0.25, -0.2) is 9.37 Å². The molecule has 1 amide bonds. The molecule has 0 atom stereocenters. The van der Waals surface area contributed by atoms with Crippen molar-refractivity contribution in [1.82, 2.24) is 4.98 Å². The average molecular weight is 315 g/mol. The fourth-order valence-electron chi connectivity index (χ4n) is 2.30. The Labute approximate surface area is 136 Å². The van der Waals surface area contributed by atoms with Crippen molar-refractivity contribution in [2.75, 3.05) is 10.6 Å². The third-order valence-electron chi connectivity index (χ3n) is 3.81. The van der Waals surface area contributed by atoms with Gasteiger partial charge in [0.1, 0.15) is 11.6 Å². The first kappa shape index (κ1) is 16.9. The van der Waals surface area contributed by atoms with Crippen molar-refractivity contribution in [3.05, 3.63) is 54.0 Å². The first-order chi connectivity index (χ1) is 11.1. The summed E-state index contributed by atoms with van der Waals surface area (Å²) in [5.41, 5.74) is 1.25. The molecule has 1 aromatic carbocycles. The molecule has 0 fully saturated rings. The molecule has 1 heterocycles. The van der Waals surface area contributed by atoms with Crippen LogP contribution < -0.4 is 10.6 Å². The molecule has 4 nitrogen and oxygen atoms in total. The van der Waals surface area contributed by atoms with Gasteiger partial charge in [0.05, 0.1) is 11.9 Å². The molecule has 0 saturated heterocycles. The molecule has 2 N–H and O–H groups in total. The highest BCUT2D eigenvalue weighted by Crippen LogP contribution is 2.15. The van der Waals surface area contributed by atoms with E-state index in [1.807, 2.05) is 13.8 Å². The van der Waals surface area contributed by atoms with E-state index in [0.717, 1.165) is 12.8 Å². The average Bonchev–Trinajstić information content (AvgIpc) is 2.56. The van der Waals surface area contributed by atoms with Crippen LogP contribution in [0.1, 0.15) is 32.3 Å². The molecule has 5 heteroatoms. The molecular weight excluding hydrogens is 293 g/mol. The molecule has 1 aromatic heterocycles. The van der Waals surface area contributed by atoms with Gasteiger partial charge in [0.25, 0.3) is 0 Å². The molecule has 0 bridgehead atoms. The maximum absolute atomic E-state index is 13.5. The van der Waals surface area contributed by atoms with Crippen molar-refractivity contribution in [1.29, 1.82) is 0 Å². The Kier molecular flexibility index (Phi) is 6.09. The van der Waals surface area contributed by atoms with Crippen molar-refractivity contribution in [2.24, 2.45) is 5.92 Å². The molecule has 2 rings (SSSR count). The zero-order chi connectivity index (χ0) is 16.7. The minimum atomic E-state index is -0.242. The van der Waals surface area contributed by atoms with E-state index in [9.17, 15) is 9.18 Å². The SMILES string of the molecule is CCC(CC)C(=O)Nc1ccc(NCc2ccccc2F)nc1. The number of amides is 1. The number of pyridine rings is 1. The van der Waals surface area contributed by atoms with E-state index >= 15 is 0 Å². The Morgan fingerprint density at radius 1 is 1.17 bits per heavy atom. The Morgan fingerprint density at radius 3 is 2.52 bits per heavy atom. The number of carbonyl (C=O) groups excluding carboxylic acids is 1. The van der Waals surface area contributed by atoms with Crippen molar-refractivity contribution in [2.45, 2.75) is 33.2 Å². The van der Waals surface area contributed by atoms with Crippen LogP contribution in [0.4, 0.5) is 15.9 Å². The zero-order valence-electron chi connectivity index (χ0n) is 13.5. The van der Waals surface area contributed by atoms with Gasteiger partial charge in [-0.2, -0.15) is 0 Å². The van der Waals surface area contributed by atoms with Crippen LogP contribution >= 0.6 is 0 Å². The number of nitrogens with zero attached hydrogens (tertiary/aromatic N) is 1. The van der Waals surface area contributed by atoms with Crippen molar-refractivity contribution in [3.8, 4) is 0 Å². The number of anilines is 2. The number of hydrogen-bond donors (Lipinski definition) is 2. The maximum Gasteiger partial charge on any atom is 0.227 e. The first-order valence-electron chi connectivity index (χ1n) is 7.88. The summed E-state index contributed by atoms with van der Waals surface area (Å²) in [6.45, 7) is 4.36. The number of aromatic nitrogens is 1. The maximum atomic E-state index is 13.5. The van der Waals surface area contributed by atoms with Crippen LogP contribution in [-0.4, -0.2) is 10.9 Å². The summed E-state index contributed by atoms with van der Waals surface area (Å²) in [7, 11) is 0. The molecular formula is C18H22FN3O. The summed E-state index contributed by atoms with van der Waals surface area (Å²) in [4.78, 5) is 16.3. The van der Waals surface area contributed by atoms with Crippen LogP contribution in [0.5, 0.6) is 0 Å². The van der Waals surface area contributed by atoms with E-state index in [1.54, 1.807) is 36.5 Å². The predicted molar refractivity (Wildman–Crippen MR) is 90.7 cm³/mol. The molecule has 0 unspecified atom stereocenters. The third kappa shape index (κ3) is 4.77. The lowest BCUT2D eigenvalue weighted by atomic mass is 10.0. The number of nitrogens with one attached hydrogen (secondary N) is 2. The van der Waals surface area contributed by atoms with Gasteiger partial charge in [-0.15, -0.1) is 0 Å². The zero-order valence-corrected chi connectivity index (χ0v) is 13.5. The van der Waals surface area contributed by atoms with Gasteiger partial charge in [-0.3, -0.25) is 4.79 Å². The fraction of sp³-hybridized carbons (Fsp3) is 0.333. The van der Waals surface area contributed by atoms with E-state index in [-0.39, 0.29) is 17.6 Å². The van der Waals surface area contributed by atoms with E-state index in [1.165, 1.54) is 6.07 Å². The van der Waals surface area contributed by atoms with Gasteiger partial charge in [-0.1, -0.05) is 32.0 Å². The third-order valence-corrected chi connectivity index (χ3v) is 3.81. The molecule has 0 aliphatic carbocycles. The monoisotopic (exact) mass is 315 g/mol. The molecule has 122 valence electrons. The van der Waals surface area contributed by atoms with Gasteiger partial charge in [0.2, 0.25) is 5.91 Å². The van der Waals surface area contributed by atoms with E-state index in [0.29, 0.717) is 23.6 Å². The topological polar surface area (TPSA) is 54.0 Å². The summed E-state index contributed by atoms with van der Waals surface area (Å²) < 4.78 is 13.5. The number of benzene rings is 1. The van der Waals surface area contributed by atoms with Crippen molar-refractivity contribution >= 4 is 17.4 Å². The van der Waals surface area contributed by atoms with Crippen molar-refractivity contribution < 1.29 is 9.18 Å². The van der Waals surface area contributed by atoms with Gasteiger partial charge in [0.15, 0.2) is 0 Å². The minimum Gasteiger partial charge on any atom is -0.366 e. The largest absolute Gasteiger partial charge is 0.366 e. The Bertz CT molecular complexity index is 639. The van der Waals surface area contributed by atoms with Crippen LogP contribution in [0.3, 0.4) is 0 Å². The van der Waals surface area contributed by atoms with E-state index in [4.69, 9.17) is 0 Å². The molecule has 2 aromatic rings. The highest BCUT2D eigenvalue weighted by Gasteiger charge is 2.14. The van der Waals surface area contributed by atoms with Crippen LogP contribution in [0, 0.1) is 11.7 Å². The molecule has 0 aliphatic rings. The summed E-state index contributed by atoms with van der Waals surface area (Å²) in [6, 6.07) is 10.2. The Hall–Kier alpha value is -2.43. The quantitative estimate of drug-likeness (QED) is 0.805. The van der Waals surface area contributed by atoms with E-state index < -0.39 is 0 Å². The van der Waals surface area contributed by atoms with Crippen LogP contribution in [-0.2, 0) is 11.3 Å². The highest BCUT2D eigenvalue weighted by molar-refractivity contribution is 5.92. The molecule has 0 spiro atoms. The van der Waals surface area contributed by atoms with E-state index in [2.05, 4.69) is 15.6 Å². The number of rotatable bonds is 7. The number of hydrogen-bond acceptors (Lipinski definition) is 3. The van der Waals surface area contributed by atoms with Gasteiger partial charge < -0.3 is 10.6 Å². The molecule has 0 aliphatic heterocycles. The van der Waals surface area contributed by atoms with Gasteiger partial charge in [0, 0.05) is 18.0 Å². The molecule has 0 radical (unpaired) electrons. The van der Waals surface area contributed by atoms with Gasteiger partial charge >= 0.3 is 0 Å². The lowest BCUT2D eigenvalue weighted by molar-refractivity contribution is -0.120. The second-order valence-electron chi connectivity index (χ2n) is 5.38. The Morgan fingerprint density at radius 2 is 1.91 bits per heavy atom. The lowest BCUT2D eigenvalue weighted by Gasteiger charge is -2.13. The summed E-state index contributed by atoms with van der Waals surface area (Å²) in [5, 5.41) is 5.93. The molecule has 23 heavy (non-hydrogen) atoms. The first-order valence-corrected chi connectivity index (χ1v) is 7.88. The molecule has 0 saturated carbocycles. The standard InChI is InChI=1S/C18H22FN3O/c1-3-13(4-2)18(23)22-15-9-10-17(21-12-15)20-11-14-7-5-6-8-16(14)19/h5-10,12-13H,3-4,11H2,1-2H3,(H,20,21)(H,22,23). The smallest absolute Gasteiger partial charge is 0.227 e. The Balaban J connectivity index is 1.92. The van der Waals surface area contributed by atoms with Crippen LogP contribution in [0.15, 0.2) is 42.6 Å². The number of carbonyl (C=O) groups is 1. The van der Waals surface area contributed by atoms with Crippen molar-refractivity contribution in [3.63, 3.8) is 0 Å². The van der Waals surface area contributed by atoms with Crippen LogP contribution in [0.2, 0.25) is 0 Å². The minimum absolute atomic E-state index is 0.0175. The summed E-state index contributed by atoms with van der Waals surface area (Å²) in [6.07, 6.45) is 3.24.